The maximum absolute atomic E-state index is 13.4. The molecular formula is C17H17FN4O4S. The van der Waals surface area contributed by atoms with Gasteiger partial charge in [0.25, 0.3) is 5.91 Å². The minimum absolute atomic E-state index is 0.0555. The van der Waals surface area contributed by atoms with Crippen LogP contribution in [0.1, 0.15) is 23.0 Å². The molecule has 1 aliphatic rings. The smallest absolute Gasteiger partial charge is 0.272 e. The van der Waals surface area contributed by atoms with Crippen molar-refractivity contribution in [3.05, 3.63) is 47.5 Å². The van der Waals surface area contributed by atoms with Crippen molar-refractivity contribution in [2.45, 2.75) is 17.4 Å². The Morgan fingerprint density at radius 1 is 1.37 bits per heavy atom. The van der Waals surface area contributed by atoms with Crippen molar-refractivity contribution in [1.82, 2.24) is 9.29 Å². The summed E-state index contributed by atoms with van der Waals surface area (Å²) in [6.45, 7) is 2.28. The fraction of sp³-hybridized carbons (Fsp3) is 0.294. The number of halogens is 1. The third-order valence-corrected chi connectivity index (χ3v) is 5.69. The minimum Gasteiger partial charge on any atom is -0.377 e. The Bertz CT molecular complexity index is 1050. The Morgan fingerprint density at radius 2 is 2.07 bits per heavy atom. The first kappa shape index (κ1) is 19.0. The quantitative estimate of drug-likeness (QED) is 0.798. The summed E-state index contributed by atoms with van der Waals surface area (Å²) in [5.41, 5.74) is -0.559. The highest BCUT2D eigenvalue weighted by Crippen LogP contribution is 2.22. The SMILES string of the molecule is Cn1cc(S(=O)(=O)NC2(C)COC2)cc1C(=O)Nc1ccc(F)c(C#N)c1. The molecule has 0 spiro atoms. The van der Waals surface area contributed by atoms with Gasteiger partial charge in [-0.1, -0.05) is 0 Å². The second-order valence-electron chi connectivity index (χ2n) is 6.59. The molecule has 2 heterocycles. The van der Waals surface area contributed by atoms with Gasteiger partial charge < -0.3 is 14.6 Å². The van der Waals surface area contributed by atoms with E-state index in [0.717, 1.165) is 6.07 Å². The summed E-state index contributed by atoms with van der Waals surface area (Å²) in [6, 6.07) is 6.52. The van der Waals surface area contributed by atoms with Gasteiger partial charge in [0.05, 0.1) is 24.3 Å². The van der Waals surface area contributed by atoms with Gasteiger partial charge in [-0.25, -0.2) is 17.5 Å². The third kappa shape index (κ3) is 3.85. The van der Waals surface area contributed by atoms with Crippen LogP contribution < -0.4 is 10.0 Å². The molecule has 142 valence electrons. The number of hydrogen-bond donors (Lipinski definition) is 2. The number of carbonyl (C=O) groups is 1. The molecule has 2 N–H and O–H groups in total. The largest absolute Gasteiger partial charge is 0.377 e. The summed E-state index contributed by atoms with van der Waals surface area (Å²) in [5.74, 6) is -1.28. The zero-order valence-corrected chi connectivity index (χ0v) is 15.4. The molecule has 0 radical (unpaired) electrons. The molecule has 1 aromatic carbocycles. The molecule has 1 saturated heterocycles. The lowest BCUT2D eigenvalue weighted by molar-refractivity contribution is -0.0523. The highest BCUT2D eigenvalue weighted by molar-refractivity contribution is 7.89. The molecular weight excluding hydrogens is 375 g/mol. The van der Waals surface area contributed by atoms with Crippen molar-refractivity contribution in [1.29, 1.82) is 5.26 Å². The topological polar surface area (TPSA) is 113 Å². The van der Waals surface area contributed by atoms with Gasteiger partial charge in [-0.05, 0) is 31.2 Å². The summed E-state index contributed by atoms with van der Waals surface area (Å²) >= 11 is 0. The number of hydrogen-bond acceptors (Lipinski definition) is 5. The Hall–Kier alpha value is -2.74. The predicted molar refractivity (Wildman–Crippen MR) is 94.0 cm³/mol. The lowest BCUT2D eigenvalue weighted by atomic mass is 10.0. The van der Waals surface area contributed by atoms with Gasteiger partial charge in [-0.2, -0.15) is 5.26 Å². The van der Waals surface area contributed by atoms with Crippen molar-refractivity contribution in [3.63, 3.8) is 0 Å². The number of anilines is 1. The molecule has 0 bridgehead atoms. The second-order valence-corrected chi connectivity index (χ2v) is 8.27. The fourth-order valence-corrected chi connectivity index (χ4v) is 4.09. The van der Waals surface area contributed by atoms with Crippen LogP contribution in [0.25, 0.3) is 0 Å². The molecule has 1 aliphatic heterocycles. The molecule has 1 amide bonds. The molecule has 27 heavy (non-hydrogen) atoms. The average molecular weight is 392 g/mol. The highest BCUT2D eigenvalue weighted by atomic mass is 32.2. The number of nitrogens with zero attached hydrogens (tertiary/aromatic N) is 2. The molecule has 8 nitrogen and oxygen atoms in total. The highest BCUT2D eigenvalue weighted by Gasteiger charge is 2.38. The van der Waals surface area contributed by atoms with E-state index < -0.39 is 27.3 Å². The first-order valence-electron chi connectivity index (χ1n) is 7.93. The number of aryl methyl sites for hydroxylation is 1. The van der Waals surface area contributed by atoms with Crippen LogP contribution in [0, 0.1) is 17.1 Å². The van der Waals surface area contributed by atoms with Crippen LogP contribution >= 0.6 is 0 Å². The molecule has 1 fully saturated rings. The lowest BCUT2D eigenvalue weighted by Gasteiger charge is -2.38. The molecule has 2 aromatic rings. The van der Waals surface area contributed by atoms with Crippen LogP contribution in [0.15, 0.2) is 35.4 Å². The predicted octanol–water partition coefficient (Wildman–Crippen LogP) is 1.36. The van der Waals surface area contributed by atoms with Crippen LogP contribution in [0.5, 0.6) is 0 Å². The van der Waals surface area contributed by atoms with E-state index in [1.165, 1.54) is 36.0 Å². The zero-order chi connectivity index (χ0) is 19.8. The molecule has 1 aromatic heterocycles. The van der Waals surface area contributed by atoms with Gasteiger partial charge in [0, 0.05) is 18.9 Å². The van der Waals surface area contributed by atoms with Crippen LogP contribution in [0.3, 0.4) is 0 Å². The van der Waals surface area contributed by atoms with Gasteiger partial charge >= 0.3 is 0 Å². The van der Waals surface area contributed by atoms with Gasteiger partial charge in [0.2, 0.25) is 10.0 Å². The number of ether oxygens (including phenoxy) is 1. The summed E-state index contributed by atoms with van der Waals surface area (Å²) in [4.78, 5) is 12.4. The Balaban J connectivity index is 1.81. The molecule has 0 unspecified atom stereocenters. The molecule has 0 aliphatic carbocycles. The Kier molecular flexibility index (Phi) is 4.77. The van der Waals surface area contributed by atoms with E-state index >= 15 is 0 Å². The van der Waals surface area contributed by atoms with Gasteiger partial charge in [0.1, 0.15) is 22.5 Å². The summed E-state index contributed by atoms with van der Waals surface area (Å²) in [6.07, 6.45) is 1.32. The fourth-order valence-electron chi connectivity index (χ4n) is 2.64. The monoisotopic (exact) mass is 392 g/mol. The number of sulfonamides is 1. The van der Waals surface area contributed by atoms with Crippen LogP contribution in [0.2, 0.25) is 0 Å². The lowest BCUT2D eigenvalue weighted by Crippen LogP contribution is -2.59. The Labute approximate surface area is 155 Å². The zero-order valence-electron chi connectivity index (χ0n) is 14.6. The Morgan fingerprint density at radius 3 is 2.67 bits per heavy atom. The standard InChI is InChI=1S/C17H17FN4O4S/c1-17(9-26-10-17)21-27(24,25)13-6-15(22(2)8-13)16(23)20-12-3-4-14(18)11(5-12)7-19/h3-6,8,21H,9-10H2,1-2H3,(H,20,23). The summed E-state index contributed by atoms with van der Waals surface area (Å²) in [7, 11) is -2.29. The van der Waals surface area contributed by atoms with Crippen LogP contribution in [0.4, 0.5) is 10.1 Å². The number of benzene rings is 1. The van der Waals surface area contributed by atoms with E-state index in [0.29, 0.717) is 0 Å². The minimum atomic E-state index is -3.83. The molecule has 0 atom stereocenters. The van der Waals surface area contributed by atoms with E-state index in [4.69, 9.17) is 10.00 Å². The number of aromatic nitrogens is 1. The summed E-state index contributed by atoms with van der Waals surface area (Å²) < 4.78 is 47.4. The van der Waals surface area contributed by atoms with Crippen molar-refractivity contribution in [2.24, 2.45) is 7.05 Å². The maximum atomic E-state index is 13.4. The number of carbonyl (C=O) groups excluding carboxylic acids is 1. The molecule has 3 rings (SSSR count). The van der Waals surface area contributed by atoms with Crippen molar-refractivity contribution >= 4 is 21.6 Å². The average Bonchev–Trinajstić information content (AvgIpc) is 2.97. The first-order chi connectivity index (χ1) is 12.6. The van der Waals surface area contributed by atoms with Gasteiger partial charge in [-0.15, -0.1) is 0 Å². The van der Waals surface area contributed by atoms with Gasteiger partial charge in [-0.3, -0.25) is 4.79 Å². The molecule has 0 saturated carbocycles. The van der Waals surface area contributed by atoms with E-state index in [-0.39, 0.29) is 35.1 Å². The van der Waals surface area contributed by atoms with E-state index in [1.807, 2.05) is 0 Å². The summed E-state index contributed by atoms with van der Waals surface area (Å²) in [5, 5.41) is 11.4. The van der Waals surface area contributed by atoms with E-state index in [9.17, 15) is 17.6 Å². The second kappa shape index (κ2) is 6.77. The number of nitrogens with one attached hydrogen (secondary N) is 2. The van der Waals surface area contributed by atoms with E-state index in [1.54, 1.807) is 13.0 Å². The number of rotatable bonds is 5. The first-order valence-corrected chi connectivity index (χ1v) is 9.41. The van der Waals surface area contributed by atoms with Crippen molar-refractivity contribution < 1.29 is 22.3 Å². The maximum Gasteiger partial charge on any atom is 0.272 e. The normalized spacial score (nSPS) is 15.6. The number of nitriles is 1. The van der Waals surface area contributed by atoms with Crippen LogP contribution in [-0.4, -0.2) is 37.6 Å². The van der Waals surface area contributed by atoms with Crippen molar-refractivity contribution in [2.75, 3.05) is 18.5 Å². The third-order valence-electron chi connectivity index (χ3n) is 4.09. The number of amides is 1. The molecule has 10 heteroatoms. The van der Waals surface area contributed by atoms with Gasteiger partial charge in [0.15, 0.2) is 0 Å². The van der Waals surface area contributed by atoms with E-state index in [2.05, 4.69) is 10.0 Å². The van der Waals surface area contributed by atoms with Crippen LogP contribution in [-0.2, 0) is 21.8 Å². The van der Waals surface area contributed by atoms with Crippen molar-refractivity contribution in [3.8, 4) is 6.07 Å².